The monoisotopic (exact) mass is 469 g/mol. The van der Waals surface area contributed by atoms with Crippen LogP contribution in [0.2, 0.25) is 0 Å². The van der Waals surface area contributed by atoms with Gasteiger partial charge in [0.05, 0.1) is 29.6 Å². The fourth-order valence-corrected chi connectivity index (χ4v) is 4.96. The minimum atomic E-state index is -3.80. The Morgan fingerprint density at radius 2 is 1.77 bits per heavy atom. The fourth-order valence-electron chi connectivity index (χ4n) is 2.83. The third kappa shape index (κ3) is 6.68. The second-order valence-electron chi connectivity index (χ2n) is 7.29. The number of amides is 1. The van der Waals surface area contributed by atoms with Crippen LogP contribution in [0.25, 0.3) is 0 Å². The number of anilines is 2. The minimum Gasteiger partial charge on any atom is -0.495 e. The highest BCUT2D eigenvalue weighted by Gasteiger charge is 2.23. The molecule has 0 atom stereocenters. The van der Waals surface area contributed by atoms with E-state index in [0.717, 1.165) is 16.1 Å². The van der Waals surface area contributed by atoms with Crippen molar-refractivity contribution in [1.29, 1.82) is 0 Å². The van der Waals surface area contributed by atoms with Crippen LogP contribution >= 0.6 is 0 Å². The summed E-state index contributed by atoms with van der Waals surface area (Å²) in [6.07, 6.45) is 1.01. The summed E-state index contributed by atoms with van der Waals surface area (Å²) >= 11 is 0. The van der Waals surface area contributed by atoms with Gasteiger partial charge < -0.3 is 10.1 Å². The number of carbonyl (C=O) groups excluding carboxylic acids is 1. The van der Waals surface area contributed by atoms with Crippen LogP contribution in [0.5, 0.6) is 5.75 Å². The molecule has 0 spiro atoms. The first-order chi connectivity index (χ1) is 14.3. The minimum absolute atomic E-state index is 0.0593. The second-order valence-corrected chi connectivity index (χ2v) is 10.9. The summed E-state index contributed by atoms with van der Waals surface area (Å²) in [5.41, 5.74) is 1.29. The van der Waals surface area contributed by atoms with Crippen LogP contribution in [-0.4, -0.2) is 48.7 Å². The van der Waals surface area contributed by atoms with E-state index in [1.165, 1.54) is 25.3 Å². The molecular weight excluding hydrogens is 442 g/mol. The Bertz CT molecular complexity index is 1160. The first kappa shape index (κ1) is 24.6. The summed E-state index contributed by atoms with van der Waals surface area (Å²) < 4.78 is 58.1. The van der Waals surface area contributed by atoms with E-state index in [4.69, 9.17) is 4.74 Å². The summed E-state index contributed by atoms with van der Waals surface area (Å²) in [5, 5.41) is 2.55. The Morgan fingerprint density at radius 3 is 2.32 bits per heavy atom. The van der Waals surface area contributed by atoms with Gasteiger partial charge >= 0.3 is 0 Å². The highest BCUT2D eigenvalue weighted by Crippen LogP contribution is 2.28. The second kappa shape index (κ2) is 9.67. The maximum absolute atomic E-state index is 12.7. The Morgan fingerprint density at radius 1 is 1.10 bits per heavy atom. The van der Waals surface area contributed by atoms with Crippen molar-refractivity contribution in [2.75, 3.05) is 29.5 Å². The van der Waals surface area contributed by atoms with E-state index >= 15 is 0 Å². The SMILES string of the molecule is COc1ccc(S(=O)(=O)NC(C)C)cc1NC(=O)CN(c1cccc(C)c1)S(C)(=O)=O. The van der Waals surface area contributed by atoms with Crippen molar-refractivity contribution in [1.82, 2.24) is 4.72 Å². The van der Waals surface area contributed by atoms with Crippen molar-refractivity contribution in [3.05, 3.63) is 48.0 Å². The molecule has 0 fully saturated rings. The molecule has 0 aliphatic rings. The van der Waals surface area contributed by atoms with Crippen LogP contribution in [-0.2, 0) is 24.8 Å². The first-order valence-electron chi connectivity index (χ1n) is 9.38. The predicted molar refractivity (Wildman–Crippen MR) is 120 cm³/mol. The summed E-state index contributed by atoms with van der Waals surface area (Å²) in [6.45, 7) is 4.70. The number of ether oxygens (including phenoxy) is 1. The molecule has 0 bridgehead atoms. The number of carbonyl (C=O) groups is 1. The van der Waals surface area contributed by atoms with Crippen molar-refractivity contribution in [3.63, 3.8) is 0 Å². The number of sulfonamides is 2. The molecule has 0 aliphatic heterocycles. The lowest BCUT2D eigenvalue weighted by atomic mass is 10.2. The largest absolute Gasteiger partial charge is 0.495 e. The maximum Gasteiger partial charge on any atom is 0.245 e. The van der Waals surface area contributed by atoms with Crippen LogP contribution in [0.15, 0.2) is 47.4 Å². The maximum atomic E-state index is 12.7. The van der Waals surface area contributed by atoms with E-state index in [0.29, 0.717) is 5.69 Å². The summed E-state index contributed by atoms with van der Waals surface area (Å²) in [5.74, 6) is -0.421. The van der Waals surface area contributed by atoms with E-state index < -0.39 is 32.5 Å². The summed E-state index contributed by atoms with van der Waals surface area (Å²) in [7, 11) is -6.17. The van der Waals surface area contributed by atoms with Gasteiger partial charge in [-0.2, -0.15) is 0 Å². The van der Waals surface area contributed by atoms with Gasteiger partial charge in [-0.25, -0.2) is 21.6 Å². The van der Waals surface area contributed by atoms with Gasteiger partial charge in [0.1, 0.15) is 12.3 Å². The first-order valence-corrected chi connectivity index (χ1v) is 12.7. The molecule has 0 saturated carbocycles. The van der Waals surface area contributed by atoms with Gasteiger partial charge in [-0.1, -0.05) is 12.1 Å². The van der Waals surface area contributed by atoms with Gasteiger partial charge in [0, 0.05) is 6.04 Å². The molecule has 0 heterocycles. The Hall–Kier alpha value is -2.63. The molecule has 0 unspecified atom stereocenters. The molecule has 11 heteroatoms. The van der Waals surface area contributed by atoms with Gasteiger partial charge in [-0.05, 0) is 56.7 Å². The quantitative estimate of drug-likeness (QED) is 0.580. The van der Waals surface area contributed by atoms with Gasteiger partial charge in [-0.3, -0.25) is 9.10 Å². The zero-order valence-electron chi connectivity index (χ0n) is 18.0. The smallest absolute Gasteiger partial charge is 0.245 e. The van der Waals surface area contributed by atoms with Gasteiger partial charge in [0.15, 0.2) is 0 Å². The molecule has 1 amide bonds. The number of hydrogen-bond acceptors (Lipinski definition) is 6. The molecule has 2 aromatic carbocycles. The molecule has 0 aromatic heterocycles. The van der Waals surface area contributed by atoms with Crippen LogP contribution < -0.4 is 19.1 Å². The van der Waals surface area contributed by atoms with Crippen LogP contribution in [0.1, 0.15) is 19.4 Å². The average Bonchev–Trinajstić information content (AvgIpc) is 2.64. The Kier molecular flexibility index (Phi) is 7.68. The molecule has 2 aromatic rings. The number of nitrogens with one attached hydrogen (secondary N) is 2. The molecule has 2 rings (SSSR count). The van der Waals surface area contributed by atoms with Crippen molar-refractivity contribution in [2.24, 2.45) is 0 Å². The van der Waals surface area contributed by atoms with E-state index in [1.807, 2.05) is 13.0 Å². The standard InChI is InChI=1S/C20H27N3O6S2/c1-14(2)22-31(27,28)17-9-10-19(29-4)18(12-17)21-20(24)13-23(30(5,25)26)16-8-6-7-15(3)11-16/h6-12,14,22H,13H2,1-5H3,(H,21,24). The fraction of sp³-hybridized carbons (Fsp3) is 0.350. The molecular formula is C20H27N3O6S2. The molecule has 0 saturated heterocycles. The average molecular weight is 470 g/mol. The van der Waals surface area contributed by atoms with Crippen molar-refractivity contribution >= 4 is 37.3 Å². The number of nitrogens with zero attached hydrogens (tertiary/aromatic N) is 1. The van der Waals surface area contributed by atoms with Crippen LogP contribution in [0.4, 0.5) is 11.4 Å². The number of methoxy groups -OCH3 is 1. The van der Waals surface area contributed by atoms with Gasteiger partial charge in [0.25, 0.3) is 0 Å². The lowest BCUT2D eigenvalue weighted by molar-refractivity contribution is -0.114. The molecule has 2 N–H and O–H groups in total. The Balaban J connectivity index is 2.34. The van der Waals surface area contributed by atoms with Crippen molar-refractivity contribution < 1.29 is 26.4 Å². The molecule has 0 radical (unpaired) electrons. The van der Waals surface area contributed by atoms with E-state index in [-0.39, 0.29) is 22.4 Å². The number of hydrogen-bond donors (Lipinski definition) is 2. The highest BCUT2D eigenvalue weighted by molar-refractivity contribution is 7.92. The molecule has 170 valence electrons. The highest BCUT2D eigenvalue weighted by atomic mass is 32.2. The zero-order chi connectivity index (χ0) is 23.4. The number of benzene rings is 2. The zero-order valence-corrected chi connectivity index (χ0v) is 19.7. The molecule has 31 heavy (non-hydrogen) atoms. The lowest BCUT2D eigenvalue weighted by Crippen LogP contribution is -2.37. The lowest BCUT2D eigenvalue weighted by Gasteiger charge is -2.22. The molecule has 0 aliphatic carbocycles. The predicted octanol–water partition coefficient (Wildman–Crippen LogP) is 2.10. The number of aryl methyl sites for hydroxylation is 1. The van der Waals surface area contributed by atoms with E-state index in [9.17, 15) is 21.6 Å². The van der Waals surface area contributed by atoms with Crippen molar-refractivity contribution in [3.8, 4) is 5.75 Å². The number of rotatable bonds is 9. The van der Waals surface area contributed by atoms with E-state index in [1.54, 1.807) is 32.0 Å². The van der Waals surface area contributed by atoms with Crippen LogP contribution in [0.3, 0.4) is 0 Å². The molecule has 9 nitrogen and oxygen atoms in total. The van der Waals surface area contributed by atoms with Gasteiger partial charge in [-0.15, -0.1) is 0 Å². The third-order valence-electron chi connectivity index (χ3n) is 4.12. The Labute approximate surface area is 183 Å². The summed E-state index contributed by atoms with van der Waals surface area (Å²) in [6, 6.07) is 10.5. The van der Waals surface area contributed by atoms with Crippen LogP contribution in [0, 0.1) is 6.92 Å². The summed E-state index contributed by atoms with van der Waals surface area (Å²) in [4.78, 5) is 12.6. The van der Waals surface area contributed by atoms with E-state index in [2.05, 4.69) is 10.0 Å². The topological polar surface area (TPSA) is 122 Å². The van der Waals surface area contributed by atoms with Gasteiger partial charge in [0.2, 0.25) is 26.0 Å². The third-order valence-corrected chi connectivity index (χ3v) is 6.92. The van der Waals surface area contributed by atoms with Crippen molar-refractivity contribution in [2.45, 2.75) is 31.7 Å². The normalized spacial score (nSPS) is 11.9.